The lowest BCUT2D eigenvalue weighted by Gasteiger charge is -2.47. The molecular weight excluding hydrogens is 832 g/mol. The summed E-state index contributed by atoms with van der Waals surface area (Å²) in [7, 11) is 3.53. The maximum Gasteiger partial charge on any atom is 0.301 e. The summed E-state index contributed by atoms with van der Waals surface area (Å²) in [5.41, 5.74) is 3.78. The van der Waals surface area contributed by atoms with Crippen LogP contribution in [-0.4, -0.2) is 105 Å². The summed E-state index contributed by atoms with van der Waals surface area (Å²) in [4.78, 5) is 54.6. The molecule has 1 saturated carbocycles. The van der Waals surface area contributed by atoms with Crippen LogP contribution in [0, 0.1) is 17.3 Å². The Labute approximate surface area is 368 Å². The van der Waals surface area contributed by atoms with Gasteiger partial charge in [0.25, 0.3) is 5.56 Å². The van der Waals surface area contributed by atoms with Gasteiger partial charge >= 0.3 is 5.92 Å². The fraction of sp³-hybridized carbons (Fsp3) is 0.511. The van der Waals surface area contributed by atoms with Crippen molar-refractivity contribution in [3.05, 3.63) is 63.7 Å². The van der Waals surface area contributed by atoms with Crippen molar-refractivity contribution in [3.63, 3.8) is 0 Å². The van der Waals surface area contributed by atoms with Crippen LogP contribution in [0.25, 0.3) is 21.8 Å². The second-order valence-electron chi connectivity index (χ2n) is 18.7. The van der Waals surface area contributed by atoms with Crippen LogP contribution < -0.4 is 36.0 Å². The minimum Gasteiger partial charge on any atom is -0.480 e. The highest BCUT2D eigenvalue weighted by molar-refractivity contribution is 6.33. The molecule has 18 heteroatoms. The largest absolute Gasteiger partial charge is 0.480 e. The van der Waals surface area contributed by atoms with Gasteiger partial charge in [0.05, 0.1) is 46.3 Å². The summed E-state index contributed by atoms with van der Waals surface area (Å²) in [5.74, 6) is -2.96. The molecule has 3 atom stereocenters. The van der Waals surface area contributed by atoms with Gasteiger partial charge in [0.2, 0.25) is 23.5 Å². The molecule has 2 aromatic carbocycles. The number of rotatable bonds is 8. The molecule has 15 nitrogen and oxygen atoms in total. The fourth-order valence-corrected chi connectivity index (χ4v) is 10.4. The third-order valence-corrected chi connectivity index (χ3v) is 14.2. The fourth-order valence-electron chi connectivity index (χ4n) is 10.2. The van der Waals surface area contributed by atoms with Gasteiger partial charge in [0.1, 0.15) is 5.02 Å². The number of anilines is 5. The first-order chi connectivity index (χ1) is 30.1. The molecule has 0 bridgehead atoms. The van der Waals surface area contributed by atoms with E-state index in [2.05, 4.69) is 55.5 Å². The van der Waals surface area contributed by atoms with Crippen molar-refractivity contribution < 1.29 is 23.1 Å². The highest BCUT2D eigenvalue weighted by atomic mass is 35.5. The normalized spacial score (nSPS) is 23.8. The van der Waals surface area contributed by atoms with Crippen LogP contribution in [-0.2, 0) is 23.7 Å². The number of ether oxygens (including phenoxy) is 1. The lowest BCUT2D eigenvalue weighted by atomic mass is 9.73. The summed E-state index contributed by atoms with van der Waals surface area (Å²) >= 11 is 6.69. The van der Waals surface area contributed by atoms with E-state index in [-0.39, 0.29) is 34.6 Å². The Balaban J connectivity index is 0.805. The molecule has 2 amide bonds. The zero-order chi connectivity index (χ0) is 43.9. The average molecular weight is 884 g/mol. The molecule has 332 valence electrons. The zero-order valence-corrected chi connectivity index (χ0v) is 36.6. The number of nitrogens with one attached hydrogen (secondary N) is 3. The number of alkyl halides is 2. The Bertz CT molecular complexity index is 2710. The lowest BCUT2D eigenvalue weighted by molar-refractivity contribution is -0.134. The number of halogens is 3. The van der Waals surface area contributed by atoms with Crippen molar-refractivity contribution >= 4 is 74.0 Å². The Hall–Kier alpha value is -5.55. The predicted octanol–water partition coefficient (Wildman–Crippen LogP) is 6.03. The van der Waals surface area contributed by atoms with Gasteiger partial charge in [-0.05, 0) is 67.2 Å². The van der Waals surface area contributed by atoms with Gasteiger partial charge in [-0.1, -0.05) is 37.6 Å². The number of aromatic nitrogens is 5. The molecule has 1 aliphatic carbocycles. The van der Waals surface area contributed by atoms with E-state index in [4.69, 9.17) is 26.4 Å². The van der Waals surface area contributed by atoms with E-state index in [1.54, 1.807) is 19.3 Å². The quantitative estimate of drug-likeness (QED) is 0.156. The molecule has 3 aromatic heterocycles. The van der Waals surface area contributed by atoms with Crippen molar-refractivity contribution in [3.8, 4) is 5.75 Å². The summed E-state index contributed by atoms with van der Waals surface area (Å²) in [6, 6.07) is 10.5. The first-order valence-electron chi connectivity index (χ1n) is 21.9. The van der Waals surface area contributed by atoms with Crippen molar-refractivity contribution in [1.29, 1.82) is 0 Å². The highest BCUT2D eigenvalue weighted by Gasteiger charge is 2.51. The number of para-hydroxylation sites is 1. The monoisotopic (exact) mass is 883 g/mol. The van der Waals surface area contributed by atoms with E-state index < -0.39 is 30.0 Å². The van der Waals surface area contributed by atoms with Crippen LogP contribution in [0.2, 0.25) is 5.02 Å². The van der Waals surface area contributed by atoms with Gasteiger partial charge in [-0.25, -0.2) is 13.8 Å². The molecule has 0 radical (unpaired) electrons. The van der Waals surface area contributed by atoms with Crippen LogP contribution in [0.15, 0.2) is 47.4 Å². The number of benzene rings is 2. The molecule has 10 rings (SSSR count). The maximum atomic E-state index is 15.2. The van der Waals surface area contributed by atoms with E-state index in [1.165, 1.54) is 4.57 Å². The van der Waals surface area contributed by atoms with Gasteiger partial charge in [-0.2, -0.15) is 10.1 Å². The van der Waals surface area contributed by atoms with Gasteiger partial charge in [-0.15, -0.1) is 0 Å². The minimum absolute atomic E-state index is 0.0466. The Morgan fingerprint density at radius 2 is 1.76 bits per heavy atom. The van der Waals surface area contributed by atoms with E-state index >= 15 is 8.78 Å². The molecular formula is C45H52ClF2N11O4. The Morgan fingerprint density at radius 3 is 2.51 bits per heavy atom. The summed E-state index contributed by atoms with van der Waals surface area (Å²) in [5, 5.41) is 15.5. The molecule has 3 saturated heterocycles. The van der Waals surface area contributed by atoms with Crippen molar-refractivity contribution in [2.45, 2.75) is 63.8 Å². The van der Waals surface area contributed by atoms with Crippen molar-refractivity contribution in [2.75, 3.05) is 72.9 Å². The second kappa shape index (κ2) is 15.6. The maximum absolute atomic E-state index is 15.2. The summed E-state index contributed by atoms with van der Waals surface area (Å²) in [6.45, 7) is 9.85. The number of hydrogen-bond donors (Lipinski definition) is 3. The molecule has 5 aliphatic rings. The summed E-state index contributed by atoms with van der Waals surface area (Å²) < 4.78 is 39.3. The molecule has 3 N–H and O–H groups in total. The van der Waals surface area contributed by atoms with Crippen LogP contribution in [0.4, 0.5) is 37.6 Å². The summed E-state index contributed by atoms with van der Waals surface area (Å²) in [6.07, 6.45) is 4.73. The third kappa shape index (κ3) is 7.59. The van der Waals surface area contributed by atoms with E-state index in [0.29, 0.717) is 65.0 Å². The number of nitrogens with zero attached hydrogens (tertiary/aromatic N) is 8. The topological polar surface area (TPSA) is 155 Å². The molecule has 4 aliphatic heterocycles. The Kier molecular flexibility index (Phi) is 10.3. The van der Waals surface area contributed by atoms with Crippen LogP contribution in [0.3, 0.4) is 0 Å². The number of piperidine rings is 2. The molecule has 0 spiro atoms. The molecule has 4 fully saturated rings. The SMILES string of the molecule is Cn1nc(C2CCC(=O)NC2=O)c2cccc(N3CCN(C[C@H]4CCN(c5ncc(Cl)c(Nc6ccc7c(c6)c6c(c(=O)n7C)OCC(F)(F)[C@H](C7CC7)N6)n5)CC4(C)C)CC3)c21. The third-order valence-electron chi connectivity index (χ3n) is 14.0. The first-order valence-corrected chi connectivity index (χ1v) is 22.3. The number of carbonyl (C=O) groups is 2. The van der Waals surface area contributed by atoms with Gasteiger partial charge in [-0.3, -0.25) is 29.3 Å². The predicted molar refractivity (Wildman–Crippen MR) is 239 cm³/mol. The number of hydrogen-bond acceptors (Lipinski definition) is 12. The van der Waals surface area contributed by atoms with E-state index in [9.17, 15) is 14.4 Å². The first kappa shape index (κ1) is 41.5. The molecule has 1 unspecified atom stereocenters. The number of aryl methyl sites for hydroxylation is 2. The number of imide groups is 1. The number of fused-ring (bicyclic) bond motifs is 4. The number of carbonyl (C=O) groups excluding carboxylic acids is 2. The van der Waals surface area contributed by atoms with E-state index in [0.717, 1.165) is 74.5 Å². The average Bonchev–Trinajstić information content (AvgIpc) is 4.06. The zero-order valence-electron chi connectivity index (χ0n) is 35.9. The second-order valence-corrected chi connectivity index (χ2v) is 19.1. The van der Waals surface area contributed by atoms with Crippen molar-refractivity contribution in [2.24, 2.45) is 31.3 Å². The number of amides is 2. The molecule has 63 heavy (non-hydrogen) atoms. The molecule has 7 heterocycles. The standard InChI is InChI=1S/C45H52ClF2N11O4/c1-44(2)23-59(15-14-26(44)22-57-16-18-58(19-17-57)33-7-5-6-28-35(54-56(4)37(28)33)29-11-13-34(60)51-41(29)61)43-49-21-31(46)40(53-43)50-27-10-12-32-30(20-27)36-38(42(62)55(32)3)63-24-45(47,48)39(52-36)25-8-9-25/h5-7,10,12,20-21,25-26,29,39,52H,8-9,11,13-19,22-24H2,1-4H3,(H,49,50,53)(H,51,60,61)/t26-,29?,39+/m1/s1. The number of piperazine rings is 1. The van der Waals surface area contributed by atoms with E-state index in [1.807, 2.05) is 36.0 Å². The smallest absolute Gasteiger partial charge is 0.301 e. The number of pyridine rings is 1. The van der Waals surface area contributed by atoms with Crippen molar-refractivity contribution in [1.82, 2.24) is 34.5 Å². The minimum atomic E-state index is -3.14. The van der Waals surface area contributed by atoms with Crippen LogP contribution >= 0.6 is 11.6 Å². The van der Waals surface area contributed by atoms with Gasteiger partial charge in [0, 0.05) is 82.8 Å². The molecule has 5 aromatic rings. The lowest BCUT2D eigenvalue weighted by Crippen LogP contribution is -2.53. The highest BCUT2D eigenvalue weighted by Crippen LogP contribution is 2.46. The van der Waals surface area contributed by atoms with Gasteiger partial charge < -0.3 is 29.7 Å². The van der Waals surface area contributed by atoms with Crippen LogP contribution in [0.5, 0.6) is 5.75 Å². The Morgan fingerprint density at radius 1 is 0.968 bits per heavy atom. The van der Waals surface area contributed by atoms with Crippen LogP contribution in [0.1, 0.15) is 57.6 Å². The van der Waals surface area contributed by atoms with Gasteiger partial charge in [0.15, 0.2) is 12.4 Å².